The minimum absolute atomic E-state index is 0.00683. The molecule has 28 heavy (non-hydrogen) atoms. The van der Waals surface area contributed by atoms with Gasteiger partial charge in [-0.1, -0.05) is 23.1 Å². The van der Waals surface area contributed by atoms with Gasteiger partial charge in [0.05, 0.1) is 11.3 Å². The van der Waals surface area contributed by atoms with E-state index in [1.807, 2.05) is 26.8 Å². The van der Waals surface area contributed by atoms with Gasteiger partial charge in [0.25, 0.3) is 4.83 Å². The van der Waals surface area contributed by atoms with Gasteiger partial charge in [0.1, 0.15) is 27.6 Å². The molecule has 0 spiro atoms. The summed E-state index contributed by atoms with van der Waals surface area (Å²) in [6, 6.07) is 7.82. The monoisotopic (exact) mass is 408 g/mol. The highest BCUT2D eigenvalue weighted by molar-refractivity contribution is 8.00. The topological polar surface area (TPSA) is 105 Å². The van der Waals surface area contributed by atoms with Crippen LogP contribution in [-0.2, 0) is 0 Å². The predicted molar refractivity (Wildman–Crippen MR) is 105 cm³/mol. The predicted octanol–water partition coefficient (Wildman–Crippen LogP) is 2.91. The molecule has 0 aliphatic heterocycles. The molecule has 0 aliphatic carbocycles. The third kappa shape index (κ3) is 3.33. The average molecular weight is 409 g/mol. The standard InChI is InChI=1S/C20H16N4O2S2/c1-10-5-12(3)23-18(14(10)7-21)27-9-16(25)17-19(26)24-13(4)6-11(2)15(8-22)20(24)28-17/h5-6H,9H2,1-4H3. The second-order valence-corrected chi connectivity index (χ2v) is 8.38. The smallest absolute Gasteiger partial charge is 0.285 e. The summed E-state index contributed by atoms with van der Waals surface area (Å²) in [5.74, 6) is -0.754. The van der Waals surface area contributed by atoms with Crippen LogP contribution in [0.3, 0.4) is 0 Å². The summed E-state index contributed by atoms with van der Waals surface area (Å²) in [5, 5.41) is 32.0. The molecular formula is C20H16N4O2S2. The maximum Gasteiger partial charge on any atom is 0.285 e. The van der Waals surface area contributed by atoms with Gasteiger partial charge in [-0.2, -0.15) is 14.9 Å². The van der Waals surface area contributed by atoms with Gasteiger partial charge in [0.2, 0.25) is 0 Å². The molecule has 0 amide bonds. The third-order valence-electron chi connectivity index (χ3n) is 4.31. The molecule has 0 saturated carbocycles. The van der Waals surface area contributed by atoms with Crippen LogP contribution in [-0.4, -0.2) is 16.5 Å². The number of rotatable bonds is 4. The van der Waals surface area contributed by atoms with Gasteiger partial charge in [-0.3, -0.25) is 4.79 Å². The lowest BCUT2D eigenvalue weighted by molar-refractivity contribution is -0.586. The van der Waals surface area contributed by atoms with E-state index in [2.05, 4.69) is 17.1 Å². The quantitative estimate of drug-likeness (QED) is 0.373. The van der Waals surface area contributed by atoms with Gasteiger partial charge in [-0.25, -0.2) is 4.98 Å². The Kier molecular flexibility index (Phi) is 5.37. The van der Waals surface area contributed by atoms with Crippen LogP contribution >= 0.6 is 23.1 Å². The van der Waals surface area contributed by atoms with Crippen LogP contribution in [0.2, 0.25) is 0 Å². The Morgan fingerprint density at radius 3 is 2.46 bits per heavy atom. The summed E-state index contributed by atoms with van der Waals surface area (Å²) in [5.41, 5.74) is 3.86. The second kappa shape index (κ2) is 7.59. The van der Waals surface area contributed by atoms with Crippen molar-refractivity contribution >= 4 is 33.7 Å². The minimum Gasteiger partial charge on any atom is -0.822 e. The number of pyridine rings is 2. The Hall–Kier alpha value is -2.94. The lowest BCUT2D eigenvalue weighted by Gasteiger charge is -2.07. The largest absolute Gasteiger partial charge is 0.822 e. The first-order valence-electron chi connectivity index (χ1n) is 8.38. The number of carbonyl (C=O) groups is 1. The number of Topliss-reactive ketones (excluding diaryl/α,β-unsaturated/α-hetero) is 1. The Bertz CT molecular complexity index is 1220. The van der Waals surface area contributed by atoms with E-state index in [-0.39, 0.29) is 16.4 Å². The maximum atomic E-state index is 12.8. The molecule has 0 saturated heterocycles. The van der Waals surface area contributed by atoms with Gasteiger partial charge in [0, 0.05) is 18.7 Å². The SMILES string of the molecule is Cc1cc(C)c(C#N)c(SCC(=O)c2sc3c(C#N)c(C)cc(C)[n+]3c2[O-])n1. The van der Waals surface area contributed by atoms with Gasteiger partial charge in [-0.15, -0.1) is 0 Å². The van der Waals surface area contributed by atoms with E-state index in [0.717, 1.165) is 39.9 Å². The van der Waals surface area contributed by atoms with E-state index in [4.69, 9.17) is 0 Å². The number of aromatic nitrogens is 2. The van der Waals surface area contributed by atoms with E-state index >= 15 is 0 Å². The normalized spacial score (nSPS) is 10.6. The first-order chi connectivity index (χ1) is 13.3. The first kappa shape index (κ1) is 19.8. The zero-order valence-corrected chi connectivity index (χ0v) is 17.4. The van der Waals surface area contributed by atoms with Crippen LogP contribution in [0.1, 0.15) is 43.3 Å². The highest BCUT2D eigenvalue weighted by Crippen LogP contribution is 2.30. The number of nitrogens with zero attached hydrogens (tertiary/aromatic N) is 4. The Labute approximate surface area is 170 Å². The van der Waals surface area contributed by atoms with Crippen LogP contribution in [0.5, 0.6) is 5.88 Å². The minimum atomic E-state index is -0.409. The molecule has 3 heterocycles. The highest BCUT2D eigenvalue weighted by atomic mass is 32.2. The van der Waals surface area contributed by atoms with Crippen molar-refractivity contribution in [2.75, 3.05) is 5.75 Å². The Balaban J connectivity index is 1.98. The highest BCUT2D eigenvalue weighted by Gasteiger charge is 2.26. The van der Waals surface area contributed by atoms with E-state index in [9.17, 15) is 20.4 Å². The number of nitriles is 2. The molecule has 3 aromatic heterocycles. The lowest BCUT2D eigenvalue weighted by Crippen LogP contribution is -2.29. The van der Waals surface area contributed by atoms with Crippen molar-refractivity contribution in [1.29, 1.82) is 10.5 Å². The molecule has 0 unspecified atom stereocenters. The maximum absolute atomic E-state index is 12.8. The van der Waals surface area contributed by atoms with Crippen molar-refractivity contribution in [3.8, 4) is 18.0 Å². The number of carbonyl (C=O) groups excluding carboxylic acids is 1. The van der Waals surface area contributed by atoms with Crippen molar-refractivity contribution in [2.24, 2.45) is 0 Å². The molecule has 3 rings (SSSR count). The number of hydrogen-bond acceptors (Lipinski definition) is 7. The number of ketones is 1. The molecule has 8 heteroatoms. The molecule has 0 fully saturated rings. The number of thiazole rings is 1. The molecule has 6 nitrogen and oxygen atoms in total. The van der Waals surface area contributed by atoms with E-state index < -0.39 is 5.88 Å². The fourth-order valence-corrected chi connectivity index (χ4v) is 5.28. The Morgan fingerprint density at radius 1 is 1.18 bits per heavy atom. The second-order valence-electron chi connectivity index (χ2n) is 6.42. The summed E-state index contributed by atoms with van der Waals surface area (Å²) >= 11 is 2.19. The van der Waals surface area contributed by atoms with E-state index in [0.29, 0.717) is 26.7 Å². The van der Waals surface area contributed by atoms with Gasteiger partial charge in [0.15, 0.2) is 17.4 Å². The average Bonchev–Trinajstić information content (AvgIpc) is 2.97. The lowest BCUT2D eigenvalue weighted by atomic mass is 10.1. The fourth-order valence-electron chi connectivity index (χ4n) is 3.04. The van der Waals surface area contributed by atoms with Crippen molar-refractivity contribution < 1.29 is 14.3 Å². The molecule has 0 N–H and O–H groups in total. The molecule has 140 valence electrons. The number of thioether (sulfide) groups is 1. The van der Waals surface area contributed by atoms with Crippen molar-refractivity contribution in [3.63, 3.8) is 0 Å². The molecule has 3 aromatic rings. The summed E-state index contributed by atoms with van der Waals surface area (Å²) in [7, 11) is 0. The molecule has 0 aliphatic rings. The zero-order valence-electron chi connectivity index (χ0n) is 15.8. The number of aryl methyl sites for hydroxylation is 4. The van der Waals surface area contributed by atoms with Crippen molar-refractivity contribution in [3.05, 3.63) is 50.7 Å². The molecule has 0 radical (unpaired) electrons. The van der Waals surface area contributed by atoms with Gasteiger partial charge >= 0.3 is 0 Å². The molecule has 0 bridgehead atoms. The Morgan fingerprint density at radius 2 is 1.82 bits per heavy atom. The van der Waals surface area contributed by atoms with E-state index in [1.165, 1.54) is 4.40 Å². The summed E-state index contributed by atoms with van der Waals surface area (Å²) in [4.78, 5) is 17.7. The van der Waals surface area contributed by atoms with Gasteiger partial charge in [-0.05, 0) is 38.0 Å². The summed E-state index contributed by atoms with van der Waals surface area (Å²) < 4.78 is 1.42. The van der Waals surface area contributed by atoms with Crippen LogP contribution < -0.4 is 9.51 Å². The summed E-state index contributed by atoms with van der Waals surface area (Å²) in [6.45, 7) is 7.23. The number of fused-ring (bicyclic) bond motifs is 1. The zero-order chi connectivity index (χ0) is 20.6. The van der Waals surface area contributed by atoms with Crippen LogP contribution in [0.4, 0.5) is 0 Å². The van der Waals surface area contributed by atoms with Gasteiger partial charge < -0.3 is 5.11 Å². The number of hydrogen-bond donors (Lipinski definition) is 0. The molecule has 0 aromatic carbocycles. The van der Waals surface area contributed by atoms with Crippen LogP contribution in [0.25, 0.3) is 4.83 Å². The first-order valence-corrected chi connectivity index (χ1v) is 10.2. The fraction of sp³-hybridized carbons (Fsp3) is 0.250. The van der Waals surface area contributed by atoms with Crippen molar-refractivity contribution in [2.45, 2.75) is 32.7 Å². The van der Waals surface area contributed by atoms with Crippen LogP contribution in [0, 0.1) is 50.4 Å². The van der Waals surface area contributed by atoms with Crippen LogP contribution in [0.15, 0.2) is 17.2 Å². The molecule has 0 atom stereocenters. The third-order valence-corrected chi connectivity index (χ3v) is 6.48. The summed E-state index contributed by atoms with van der Waals surface area (Å²) in [6.07, 6.45) is 0. The van der Waals surface area contributed by atoms with E-state index in [1.54, 1.807) is 13.0 Å². The molecular weight excluding hydrogens is 392 g/mol. The van der Waals surface area contributed by atoms with Crippen molar-refractivity contribution in [1.82, 2.24) is 4.98 Å².